The summed E-state index contributed by atoms with van der Waals surface area (Å²) in [5.41, 5.74) is 2.00. The Bertz CT molecular complexity index is 1330. The first-order chi connectivity index (χ1) is 18.1. The lowest BCUT2D eigenvalue weighted by molar-refractivity contribution is -0.140. The molecule has 0 spiro atoms. The van der Waals surface area contributed by atoms with Crippen molar-refractivity contribution in [2.45, 2.75) is 25.9 Å². The standard InChI is InChI=1S/C28H32BrN3O5S/c1-4-30-28(34)26(18-21-9-6-5-7-10-21)31(19-22-11-8-12-23(29)17-22)27(33)20-32(38(3,35)36)24-13-15-25(37-2)16-14-24/h5-17,26H,4,18-20H2,1-3H3,(H,30,34)/t26-/m1/s1. The molecular weight excluding hydrogens is 570 g/mol. The maximum Gasteiger partial charge on any atom is 0.244 e. The maximum absolute atomic E-state index is 13.9. The van der Waals surface area contributed by atoms with E-state index in [2.05, 4.69) is 21.2 Å². The fraction of sp³-hybridized carbons (Fsp3) is 0.286. The fourth-order valence-corrected chi connectivity index (χ4v) is 5.34. The van der Waals surface area contributed by atoms with Crippen LogP contribution in [0.2, 0.25) is 0 Å². The van der Waals surface area contributed by atoms with Crippen LogP contribution in [0.5, 0.6) is 5.75 Å². The van der Waals surface area contributed by atoms with Crippen LogP contribution in [0, 0.1) is 0 Å². The predicted molar refractivity (Wildman–Crippen MR) is 152 cm³/mol. The van der Waals surface area contributed by atoms with E-state index in [0.29, 0.717) is 18.0 Å². The Morgan fingerprint density at radius 1 is 0.974 bits per heavy atom. The molecule has 0 aliphatic rings. The molecule has 3 aromatic carbocycles. The third kappa shape index (κ3) is 8.06. The van der Waals surface area contributed by atoms with Crippen molar-refractivity contribution in [3.05, 3.63) is 94.5 Å². The van der Waals surface area contributed by atoms with Crippen molar-refractivity contribution in [1.82, 2.24) is 10.2 Å². The van der Waals surface area contributed by atoms with Gasteiger partial charge in [-0.15, -0.1) is 0 Å². The van der Waals surface area contributed by atoms with E-state index in [1.54, 1.807) is 24.3 Å². The van der Waals surface area contributed by atoms with E-state index in [4.69, 9.17) is 4.74 Å². The third-order valence-corrected chi connectivity index (χ3v) is 7.54. The van der Waals surface area contributed by atoms with Gasteiger partial charge in [0.15, 0.2) is 0 Å². The van der Waals surface area contributed by atoms with Crippen molar-refractivity contribution < 1.29 is 22.7 Å². The summed E-state index contributed by atoms with van der Waals surface area (Å²) in [5, 5.41) is 2.84. The predicted octanol–water partition coefficient (Wildman–Crippen LogP) is 4.00. The molecule has 0 fully saturated rings. The molecule has 0 aliphatic carbocycles. The summed E-state index contributed by atoms with van der Waals surface area (Å²) >= 11 is 3.46. The van der Waals surface area contributed by atoms with E-state index in [0.717, 1.165) is 26.2 Å². The number of sulfonamides is 1. The van der Waals surface area contributed by atoms with E-state index in [9.17, 15) is 18.0 Å². The molecule has 202 valence electrons. The number of ether oxygens (including phenoxy) is 1. The molecule has 3 aromatic rings. The Kier molecular flexibility index (Phi) is 10.3. The molecule has 8 nitrogen and oxygen atoms in total. The number of amides is 2. The van der Waals surface area contributed by atoms with Gasteiger partial charge in [0.1, 0.15) is 18.3 Å². The molecule has 1 atom stereocenters. The first kappa shape index (κ1) is 29.2. The number of nitrogens with zero attached hydrogens (tertiary/aromatic N) is 2. The Morgan fingerprint density at radius 2 is 1.63 bits per heavy atom. The minimum absolute atomic E-state index is 0.118. The normalized spacial score (nSPS) is 11.9. The Labute approximate surface area is 232 Å². The fourth-order valence-electron chi connectivity index (χ4n) is 4.04. The van der Waals surface area contributed by atoms with Gasteiger partial charge >= 0.3 is 0 Å². The molecular formula is C28H32BrN3O5S. The van der Waals surface area contributed by atoms with Gasteiger partial charge in [0.25, 0.3) is 0 Å². The van der Waals surface area contributed by atoms with Crippen molar-refractivity contribution in [1.29, 1.82) is 0 Å². The molecule has 0 bridgehead atoms. The van der Waals surface area contributed by atoms with Gasteiger partial charge in [-0.25, -0.2) is 8.42 Å². The van der Waals surface area contributed by atoms with Crippen LogP contribution in [-0.4, -0.2) is 57.6 Å². The number of methoxy groups -OCH3 is 1. The van der Waals surface area contributed by atoms with Crippen LogP contribution in [0.1, 0.15) is 18.1 Å². The number of likely N-dealkylation sites (N-methyl/N-ethyl adjacent to an activating group) is 1. The van der Waals surface area contributed by atoms with Crippen molar-refractivity contribution in [2.75, 3.05) is 30.8 Å². The number of anilines is 1. The Hall–Kier alpha value is -3.37. The van der Waals surface area contributed by atoms with Crippen molar-refractivity contribution in [3.63, 3.8) is 0 Å². The molecule has 2 amide bonds. The van der Waals surface area contributed by atoms with Gasteiger partial charge < -0.3 is 15.0 Å². The van der Waals surface area contributed by atoms with E-state index in [1.807, 2.05) is 61.5 Å². The molecule has 1 N–H and O–H groups in total. The van der Waals surface area contributed by atoms with Crippen LogP contribution in [0.3, 0.4) is 0 Å². The second kappa shape index (κ2) is 13.4. The summed E-state index contributed by atoms with van der Waals surface area (Å²) in [6.45, 7) is 1.86. The third-order valence-electron chi connectivity index (χ3n) is 5.90. The molecule has 0 saturated carbocycles. The Morgan fingerprint density at radius 3 is 2.21 bits per heavy atom. The minimum Gasteiger partial charge on any atom is -0.497 e. The summed E-state index contributed by atoms with van der Waals surface area (Å²) in [7, 11) is -2.31. The number of halogens is 1. The highest BCUT2D eigenvalue weighted by molar-refractivity contribution is 9.10. The Balaban J connectivity index is 2.02. The molecule has 0 heterocycles. The van der Waals surface area contributed by atoms with E-state index in [-0.39, 0.29) is 18.9 Å². The van der Waals surface area contributed by atoms with Crippen molar-refractivity contribution >= 4 is 43.5 Å². The monoisotopic (exact) mass is 601 g/mol. The average Bonchev–Trinajstić information content (AvgIpc) is 2.89. The number of hydrogen-bond acceptors (Lipinski definition) is 5. The van der Waals surface area contributed by atoms with Crippen LogP contribution >= 0.6 is 15.9 Å². The van der Waals surface area contributed by atoms with Crippen LogP contribution in [0.25, 0.3) is 0 Å². The van der Waals surface area contributed by atoms with Gasteiger partial charge in [-0.05, 0) is 54.4 Å². The summed E-state index contributed by atoms with van der Waals surface area (Å²) in [6, 6.07) is 22.4. The lowest BCUT2D eigenvalue weighted by atomic mass is 10.0. The van der Waals surface area contributed by atoms with Crippen molar-refractivity contribution in [2.24, 2.45) is 0 Å². The molecule has 3 rings (SSSR count). The lowest BCUT2D eigenvalue weighted by Gasteiger charge is -2.33. The quantitative estimate of drug-likeness (QED) is 0.338. The van der Waals surface area contributed by atoms with Crippen LogP contribution < -0.4 is 14.4 Å². The number of carbonyl (C=O) groups is 2. The van der Waals surface area contributed by atoms with Gasteiger partial charge in [0.2, 0.25) is 21.8 Å². The van der Waals surface area contributed by atoms with Gasteiger partial charge in [-0.1, -0.05) is 58.4 Å². The molecule has 0 aromatic heterocycles. The average molecular weight is 603 g/mol. The molecule has 0 saturated heterocycles. The number of rotatable bonds is 12. The zero-order valence-electron chi connectivity index (χ0n) is 21.6. The van der Waals surface area contributed by atoms with Crippen molar-refractivity contribution in [3.8, 4) is 5.75 Å². The molecule has 38 heavy (non-hydrogen) atoms. The zero-order valence-corrected chi connectivity index (χ0v) is 24.0. The van der Waals surface area contributed by atoms with Gasteiger partial charge in [-0.3, -0.25) is 13.9 Å². The van der Waals surface area contributed by atoms with E-state index >= 15 is 0 Å². The van der Waals surface area contributed by atoms with E-state index in [1.165, 1.54) is 12.0 Å². The smallest absolute Gasteiger partial charge is 0.244 e. The van der Waals surface area contributed by atoms with Crippen LogP contribution in [-0.2, 0) is 32.6 Å². The zero-order chi connectivity index (χ0) is 27.7. The number of nitrogens with one attached hydrogen (secondary N) is 1. The molecule has 10 heteroatoms. The second-order valence-corrected chi connectivity index (χ2v) is 11.5. The topological polar surface area (TPSA) is 96.0 Å². The van der Waals surface area contributed by atoms with Gasteiger partial charge in [0, 0.05) is 24.0 Å². The van der Waals surface area contributed by atoms with Gasteiger partial charge in [0.05, 0.1) is 19.1 Å². The summed E-state index contributed by atoms with van der Waals surface area (Å²) < 4.78 is 32.6. The molecule has 0 aliphatic heterocycles. The van der Waals surface area contributed by atoms with Crippen LogP contribution in [0.15, 0.2) is 83.3 Å². The largest absolute Gasteiger partial charge is 0.497 e. The highest BCUT2D eigenvalue weighted by Crippen LogP contribution is 2.23. The highest BCUT2D eigenvalue weighted by Gasteiger charge is 2.32. The minimum atomic E-state index is -3.82. The van der Waals surface area contributed by atoms with Gasteiger partial charge in [-0.2, -0.15) is 0 Å². The SMILES string of the molecule is CCNC(=O)[C@@H](Cc1ccccc1)N(Cc1cccc(Br)c1)C(=O)CN(c1ccc(OC)cc1)S(C)(=O)=O. The number of hydrogen-bond donors (Lipinski definition) is 1. The number of benzene rings is 3. The first-order valence-electron chi connectivity index (χ1n) is 12.1. The van der Waals surface area contributed by atoms with E-state index < -0.39 is 28.5 Å². The lowest BCUT2D eigenvalue weighted by Crippen LogP contribution is -2.53. The second-order valence-electron chi connectivity index (χ2n) is 8.72. The summed E-state index contributed by atoms with van der Waals surface area (Å²) in [6.07, 6.45) is 1.32. The summed E-state index contributed by atoms with van der Waals surface area (Å²) in [4.78, 5) is 28.7. The number of carbonyl (C=O) groups excluding carboxylic acids is 2. The highest BCUT2D eigenvalue weighted by atomic mass is 79.9. The maximum atomic E-state index is 13.9. The molecule has 0 radical (unpaired) electrons. The summed E-state index contributed by atoms with van der Waals surface area (Å²) in [5.74, 6) is -0.252. The molecule has 0 unspecified atom stereocenters. The van der Waals surface area contributed by atoms with Crippen LogP contribution in [0.4, 0.5) is 5.69 Å². The first-order valence-corrected chi connectivity index (χ1v) is 14.7.